The van der Waals surface area contributed by atoms with Gasteiger partial charge >= 0.3 is 0 Å². The van der Waals surface area contributed by atoms with Crippen LogP contribution in [-0.2, 0) is 27.7 Å². The summed E-state index contributed by atoms with van der Waals surface area (Å²) in [5.41, 5.74) is 3.87. The van der Waals surface area contributed by atoms with Crippen LogP contribution in [0.2, 0.25) is 0 Å². The van der Waals surface area contributed by atoms with E-state index < -0.39 is 10.0 Å². The molecule has 0 aliphatic carbocycles. The third-order valence-electron chi connectivity index (χ3n) is 8.10. The van der Waals surface area contributed by atoms with E-state index in [0.29, 0.717) is 43.1 Å². The molecule has 2 aromatic heterocycles. The van der Waals surface area contributed by atoms with Gasteiger partial charge in [-0.15, -0.1) is 0 Å². The minimum absolute atomic E-state index is 0.105. The van der Waals surface area contributed by atoms with E-state index in [1.807, 2.05) is 12.1 Å². The number of nitrogens with zero attached hydrogens (tertiary/aromatic N) is 5. The van der Waals surface area contributed by atoms with E-state index in [1.54, 1.807) is 12.3 Å². The summed E-state index contributed by atoms with van der Waals surface area (Å²) in [7, 11) is -1.60. The van der Waals surface area contributed by atoms with Crippen molar-refractivity contribution in [2.75, 3.05) is 68.5 Å². The van der Waals surface area contributed by atoms with Crippen LogP contribution in [-0.4, -0.2) is 97.7 Å². The Labute approximate surface area is 240 Å². The average molecular weight is 581 g/mol. The van der Waals surface area contributed by atoms with Gasteiger partial charge in [0.05, 0.1) is 5.56 Å². The van der Waals surface area contributed by atoms with Crippen LogP contribution in [0.1, 0.15) is 34.5 Å². The number of carbonyl (C=O) groups is 1. The van der Waals surface area contributed by atoms with Crippen molar-refractivity contribution in [2.45, 2.75) is 36.7 Å². The van der Waals surface area contributed by atoms with Gasteiger partial charge in [-0.25, -0.2) is 8.42 Å². The predicted molar refractivity (Wildman–Crippen MR) is 156 cm³/mol. The monoisotopic (exact) mass is 580 g/mol. The quantitative estimate of drug-likeness (QED) is 0.384. The number of H-pyrrole nitrogens is 1. The lowest BCUT2D eigenvalue weighted by atomic mass is 10.1. The molecule has 3 N–H and O–H groups in total. The summed E-state index contributed by atoms with van der Waals surface area (Å²) >= 11 is 0. The number of likely N-dealkylation sites (N-methyl/N-ethyl adjacent to an activating group) is 1. The number of aromatic amines is 1. The van der Waals surface area contributed by atoms with Crippen LogP contribution in [0.5, 0.6) is 0 Å². The zero-order valence-electron chi connectivity index (χ0n) is 23.2. The number of hydrogen-bond acceptors (Lipinski definition) is 9. The minimum atomic E-state index is -3.73. The second-order valence-corrected chi connectivity index (χ2v) is 12.7. The second-order valence-electron chi connectivity index (χ2n) is 10.8. The zero-order chi connectivity index (χ0) is 28.4. The van der Waals surface area contributed by atoms with Gasteiger partial charge < -0.3 is 25.2 Å². The maximum Gasteiger partial charge on any atom is 0.258 e. The Hall–Kier alpha value is -3.52. The van der Waals surface area contributed by atoms with Crippen molar-refractivity contribution >= 4 is 33.1 Å². The van der Waals surface area contributed by atoms with E-state index in [-0.39, 0.29) is 23.4 Å². The van der Waals surface area contributed by atoms with E-state index in [0.717, 1.165) is 56.1 Å². The van der Waals surface area contributed by atoms with Crippen molar-refractivity contribution in [1.29, 1.82) is 0 Å². The lowest BCUT2D eigenvalue weighted by Crippen LogP contribution is -2.44. The van der Waals surface area contributed by atoms with Crippen molar-refractivity contribution in [1.82, 2.24) is 24.4 Å². The van der Waals surface area contributed by atoms with Gasteiger partial charge in [0.25, 0.3) is 5.91 Å². The van der Waals surface area contributed by atoms with Crippen LogP contribution in [0.15, 0.2) is 47.6 Å². The van der Waals surface area contributed by atoms with Crippen LogP contribution in [0.4, 0.5) is 17.2 Å². The minimum Gasteiger partial charge on any atom is -0.381 e. The maximum atomic E-state index is 13.7. The largest absolute Gasteiger partial charge is 0.381 e. The first-order chi connectivity index (χ1) is 19.9. The third-order valence-corrected chi connectivity index (χ3v) is 9.93. The molecular formula is C28H36N8O4S. The smallest absolute Gasteiger partial charge is 0.258 e. The fourth-order valence-electron chi connectivity index (χ4n) is 5.58. The summed E-state index contributed by atoms with van der Waals surface area (Å²) in [6.07, 6.45) is 5.09. The van der Waals surface area contributed by atoms with Gasteiger partial charge in [0, 0.05) is 100.0 Å². The maximum absolute atomic E-state index is 13.7. The fraction of sp³-hybridized carbons (Fsp3) is 0.464. The number of carbonyl (C=O) groups excluding carboxylic acids is 1. The molecule has 0 bridgehead atoms. The number of nitrogens with one attached hydrogen (secondary N) is 3. The number of amides is 1. The lowest BCUT2D eigenvalue weighted by molar-refractivity contribution is 0.0904. The molecular weight excluding hydrogens is 544 g/mol. The molecule has 2 saturated heterocycles. The molecule has 2 fully saturated rings. The highest BCUT2D eigenvalue weighted by Crippen LogP contribution is 2.31. The molecule has 0 saturated carbocycles. The van der Waals surface area contributed by atoms with Crippen molar-refractivity contribution in [3.63, 3.8) is 0 Å². The number of sulfonamides is 1. The van der Waals surface area contributed by atoms with Gasteiger partial charge in [-0.2, -0.15) is 9.40 Å². The number of fused-ring (bicyclic) bond motifs is 1. The first-order valence-electron chi connectivity index (χ1n) is 14.1. The van der Waals surface area contributed by atoms with Gasteiger partial charge in [0.1, 0.15) is 4.90 Å². The highest BCUT2D eigenvalue weighted by molar-refractivity contribution is 7.89. The van der Waals surface area contributed by atoms with E-state index in [4.69, 9.17) is 4.74 Å². The van der Waals surface area contributed by atoms with Gasteiger partial charge in [-0.3, -0.25) is 14.9 Å². The molecule has 12 nitrogen and oxygen atoms in total. The average Bonchev–Trinajstić information content (AvgIpc) is 3.40. The highest BCUT2D eigenvalue weighted by atomic mass is 32.2. The van der Waals surface area contributed by atoms with E-state index in [1.165, 1.54) is 16.6 Å². The summed E-state index contributed by atoms with van der Waals surface area (Å²) < 4.78 is 33.4. The second kappa shape index (κ2) is 11.8. The topological polar surface area (TPSA) is 136 Å². The van der Waals surface area contributed by atoms with Gasteiger partial charge in [0.15, 0.2) is 5.82 Å². The third kappa shape index (κ3) is 5.94. The molecule has 0 atom stereocenters. The first-order valence-corrected chi connectivity index (χ1v) is 15.5. The van der Waals surface area contributed by atoms with Crippen molar-refractivity contribution < 1.29 is 17.9 Å². The van der Waals surface area contributed by atoms with Crippen molar-refractivity contribution in [3.8, 4) is 0 Å². The normalized spacial score (nSPS) is 19.1. The number of ether oxygens (including phenoxy) is 1. The number of aromatic nitrogens is 3. The number of piperazine rings is 1. The molecule has 218 valence electrons. The number of anilines is 3. The molecule has 1 aromatic carbocycles. The molecule has 1 amide bonds. The van der Waals surface area contributed by atoms with Crippen molar-refractivity contribution in [2.24, 2.45) is 0 Å². The SMILES string of the molecule is CN1CCN(c2ccc(C(=O)Nc3n[nH]c4c3CN(S(=O)(=O)c3cccnc3)CC4)c(NC3CCOCC3)c2)CC1. The van der Waals surface area contributed by atoms with Crippen LogP contribution >= 0.6 is 0 Å². The Morgan fingerprint density at radius 3 is 2.66 bits per heavy atom. The molecule has 6 rings (SSSR count). The predicted octanol–water partition coefficient (Wildman–Crippen LogP) is 2.15. The number of pyridine rings is 1. The summed E-state index contributed by atoms with van der Waals surface area (Å²) in [5, 5.41) is 13.9. The molecule has 3 aliphatic rings. The van der Waals surface area contributed by atoms with Crippen LogP contribution in [0, 0.1) is 0 Å². The molecule has 3 aromatic rings. The Kier molecular flexibility index (Phi) is 7.93. The van der Waals surface area contributed by atoms with Gasteiger partial charge in [-0.05, 0) is 50.2 Å². The summed E-state index contributed by atoms with van der Waals surface area (Å²) in [6.45, 7) is 5.63. The summed E-state index contributed by atoms with van der Waals surface area (Å²) in [5.74, 6) is 0.0438. The summed E-state index contributed by atoms with van der Waals surface area (Å²) in [4.78, 5) is 22.5. The van der Waals surface area contributed by atoms with E-state index >= 15 is 0 Å². The Balaban J connectivity index is 1.24. The number of rotatable bonds is 7. The van der Waals surface area contributed by atoms with Gasteiger partial charge in [0.2, 0.25) is 10.0 Å². The molecule has 3 aliphatic heterocycles. The Bertz CT molecular complexity index is 1480. The molecule has 0 unspecified atom stereocenters. The zero-order valence-corrected chi connectivity index (χ0v) is 24.0. The molecule has 0 radical (unpaired) electrons. The Morgan fingerprint density at radius 2 is 1.90 bits per heavy atom. The van der Waals surface area contributed by atoms with Crippen LogP contribution in [0.25, 0.3) is 0 Å². The van der Waals surface area contributed by atoms with Gasteiger partial charge in [-0.1, -0.05) is 0 Å². The van der Waals surface area contributed by atoms with Crippen molar-refractivity contribution in [3.05, 3.63) is 59.5 Å². The standard InChI is InChI=1S/C28H36N8O4S/c1-34-11-13-35(14-12-34)21-4-5-23(26(17-21)30-20-7-15-40-16-8-20)28(37)31-27-24-19-36(10-6-25(24)32-33-27)41(38,39)22-3-2-9-29-18-22/h2-5,9,17-18,20,30H,6-8,10-16,19H2,1H3,(H2,31,32,33,37). The molecule has 0 spiro atoms. The van der Waals surface area contributed by atoms with Crippen LogP contribution in [0.3, 0.4) is 0 Å². The Morgan fingerprint density at radius 1 is 1.10 bits per heavy atom. The first kappa shape index (κ1) is 27.6. The molecule has 41 heavy (non-hydrogen) atoms. The fourth-order valence-corrected chi connectivity index (χ4v) is 6.95. The highest BCUT2D eigenvalue weighted by Gasteiger charge is 2.32. The van der Waals surface area contributed by atoms with Crippen LogP contribution < -0.4 is 15.5 Å². The number of benzene rings is 1. The number of hydrogen-bond donors (Lipinski definition) is 3. The van der Waals surface area contributed by atoms with E-state index in [2.05, 4.69) is 48.7 Å². The summed E-state index contributed by atoms with van der Waals surface area (Å²) in [6, 6.07) is 9.28. The lowest BCUT2D eigenvalue weighted by Gasteiger charge is -2.34. The van der Waals surface area contributed by atoms with E-state index in [9.17, 15) is 13.2 Å². The molecule has 13 heteroatoms. The molecule has 5 heterocycles.